The van der Waals surface area contributed by atoms with Gasteiger partial charge in [0.2, 0.25) is 0 Å². The number of esters is 2. The van der Waals surface area contributed by atoms with Crippen molar-refractivity contribution in [1.29, 1.82) is 0 Å². The molecule has 4 rings (SSSR count). The third-order valence-electron chi connectivity index (χ3n) is 6.24. The topological polar surface area (TPSA) is 116 Å². The number of nitrogens with zero attached hydrogens (tertiary/aromatic N) is 1. The van der Waals surface area contributed by atoms with Gasteiger partial charge in [-0.25, -0.2) is 9.59 Å². The molecule has 0 aromatic heterocycles. The van der Waals surface area contributed by atoms with Gasteiger partial charge in [0.15, 0.2) is 23.4 Å². The second-order valence-electron chi connectivity index (χ2n) is 11.6. The maximum Gasteiger partial charge on any atom is 0.341 e. The van der Waals surface area contributed by atoms with Gasteiger partial charge in [-0.15, -0.1) is 0 Å². The van der Waals surface area contributed by atoms with Gasteiger partial charge in [0.25, 0.3) is 5.91 Å². The van der Waals surface area contributed by atoms with E-state index >= 15 is 0 Å². The van der Waals surface area contributed by atoms with Gasteiger partial charge in [-0.2, -0.15) is 0 Å². The number of amides is 1. The number of aryl methyl sites for hydroxylation is 1. The van der Waals surface area contributed by atoms with Gasteiger partial charge in [0, 0.05) is 16.7 Å². The largest absolute Gasteiger partial charge is 0.488 e. The Morgan fingerprint density at radius 2 is 1.40 bits per heavy atom. The van der Waals surface area contributed by atoms with Crippen LogP contribution in [0.25, 0.3) is 0 Å². The zero-order valence-corrected chi connectivity index (χ0v) is 24.0. The lowest BCUT2D eigenvalue weighted by Crippen LogP contribution is -2.47. The predicted molar refractivity (Wildman–Crippen MR) is 146 cm³/mol. The van der Waals surface area contributed by atoms with Crippen LogP contribution in [0.2, 0.25) is 0 Å². The van der Waals surface area contributed by atoms with Crippen LogP contribution in [0.4, 0.5) is 5.69 Å². The molecule has 1 atom stereocenters. The van der Waals surface area contributed by atoms with Crippen LogP contribution in [0, 0.1) is 6.92 Å². The fourth-order valence-corrected chi connectivity index (χ4v) is 4.81. The number of hydrogen-bond acceptors (Lipinski definition) is 8. The molecule has 1 heterocycles. The van der Waals surface area contributed by atoms with Gasteiger partial charge < -0.3 is 14.2 Å². The van der Waals surface area contributed by atoms with E-state index in [1.807, 2.05) is 0 Å². The zero-order valence-electron chi connectivity index (χ0n) is 24.0. The molecular formula is C31H33NO8. The molecule has 40 heavy (non-hydrogen) atoms. The molecule has 2 aliphatic rings. The van der Waals surface area contributed by atoms with Crippen LogP contribution in [0.3, 0.4) is 0 Å². The summed E-state index contributed by atoms with van der Waals surface area (Å²) in [4.78, 5) is 69.7. The van der Waals surface area contributed by atoms with E-state index in [1.165, 1.54) is 12.1 Å². The molecule has 0 fully saturated rings. The Morgan fingerprint density at radius 1 is 0.825 bits per heavy atom. The van der Waals surface area contributed by atoms with Crippen molar-refractivity contribution >= 4 is 35.1 Å². The first-order valence-corrected chi connectivity index (χ1v) is 13.1. The van der Waals surface area contributed by atoms with Crippen LogP contribution < -0.4 is 4.90 Å². The Labute approximate surface area is 233 Å². The highest BCUT2D eigenvalue weighted by atomic mass is 16.6. The molecule has 1 aliphatic carbocycles. The van der Waals surface area contributed by atoms with Crippen LogP contribution in [-0.2, 0) is 28.6 Å². The first kappa shape index (κ1) is 28.7. The number of ether oxygens (including phenoxy) is 3. The SMILES string of the molecule is CCOC1=C(C(=O)OC(C)(C)C)C(C(=O)OC(C)(C)C)N(c2c(C)ccc3c2C(=O)c2ccccc2C3=O)C1=O. The van der Waals surface area contributed by atoms with E-state index in [9.17, 15) is 24.0 Å². The highest BCUT2D eigenvalue weighted by Gasteiger charge is 2.53. The highest BCUT2D eigenvalue weighted by Crippen LogP contribution is 2.42. The average Bonchev–Trinajstić information content (AvgIpc) is 3.12. The minimum atomic E-state index is -1.63. The first-order chi connectivity index (χ1) is 18.6. The maximum atomic E-state index is 14.1. The molecule has 0 saturated heterocycles. The third-order valence-corrected chi connectivity index (χ3v) is 6.24. The summed E-state index contributed by atoms with van der Waals surface area (Å²) in [5, 5.41) is 0. The number of ketones is 2. The van der Waals surface area contributed by atoms with Crippen molar-refractivity contribution < 1.29 is 38.2 Å². The number of anilines is 1. The Kier molecular flexibility index (Phi) is 7.21. The van der Waals surface area contributed by atoms with E-state index in [2.05, 4.69) is 0 Å². The van der Waals surface area contributed by atoms with Crippen LogP contribution in [0.15, 0.2) is 47.7 Å². The van der Waals surface area contributed by atoms with Gasteiger partial charge in [-0.1, -0.05) is 30.3 Å². The summed E-state index contributed by atoms with van der Waals surface area (Å²) in [6.07, 6.45) is 0. The van der Waals surface area contributed by atoms with Crippen molar-refractivity contribution in [2.24, 2.45) is 0 Å². The Hall–Kier alpha value is -4.27. The molecular weight excluding hydrogens is 514 g/mol. The van der Waals surface area contributed by atoms with Crippen molar-refractivity contribution in [2.75, 3.05) is 11.5 Å². The summed E-state index contributed by atoms with van der Waals surface area (Å²) in [6.45, 7) is 13.2. The normalized spacial score (nSPS) is 17.1. The van der Waals surface area contributed by atoms with Gasteiger partial charge >= 0.3 is 11.9 Å². The van der Waals surface area contributed by atoms with E-state index < -0.39 is 46.7 Å². The number of hydrogen-bond donors (Lipinski definition) is 0. The second-order valence-corrected chi connectivity index (χ2v) is 11.6. The molecule has 0 spiro atoms. The number of fused-ring (bicyclic) bond motifs is 2. The van der Waals surface area contributed by atoms with E-state index in [-0.39, 0.29) is 45.9 Å². The molecule has 1 aliphatic heterocycles. The van der Waals surface area contributed by atoms with E-state index in [4.69, 9.17) is 14.2 Å². The summed E-state index contributed by atoms with van der Waals surface area (Å²) in [5.74, 6) is -3.92. The fraction of sp³-hybridized carbons (Fsp3) is 0.387. The average molecular weight is 548 g/mol. The third kappa shape index (κ3) is 5.03. The molecule has 9 heteroatoms. The molecule has 0 radical (unpaired) electrons. The maximum absolute atomic E-state index is 14.1. The lowest BCUT2D eigenvalue weighted by Gasteiger charge is -2.32. The van der Waals surface area contributed by atoms with Gasteiger partial charge in [0.05, 0.1) is 17.9 Å². The molecule has 0 bridgehead atoms. The molecule has 1 unspecified atom stereocenters. The van der Waals surface area contributed by atoms with E-state index in [0.29, 0.717) is 5.56 Å². The Balaban J connectivity index is 2.00. The van der Waals surface area contributed by atoms with Crippen LogP contribution in [-0.4, -0.2) is 53.3 Å². The summed E-state index contributed by atoms with van der Waals surface area (Å²) in [7, 11) is 0. The number of benzene rings is 2. The summed E-state index contributed by atoms with van der Waals surface area (Å²) >= 11 is 0. The number of rotatable bonds is 5. The quantitative estimate of drug-likeness (QED) is 0.430. The predicted octanol–water partition coefficient (Wildman–Crippen LogP) is 4.46. The van der Waals surface area contributed by atoms with E-state index in [0.717, 1.165) is 4.90 Å². The molecule has 2 aromatic rings. The zero-order chi connectivity index (χ0) is 29.7. The fourth-order valence-electron chi connectivity index (χ4n) is 4.81. The van der Waals surface area contributed by atoms with Gasteiger partial charge in [0.1, 0.15) is 16.8 Å². The minimum Gasteiger partial charge on any atom is -0.488 e. The minimum absolute atomic E-state index is 0.0128. The van der Waals surface area contributed by atoms with Crippen LogP contribution in [0.1, 0.15) is 85.9 Å². The van der Waals surface area contributed by atoms with Crippen molar-refractivity contribution in [2.45, 2.75) is 72.6 Å². The highest BCUT2D eigenvalue weighted by molar-refractivity contribution is 6.32. The summed E-state index contributed by atoms with van der Waals surface area (Å²) < 4.78 is 16.9. The first-order valence-electron chi connectivity index (χ1n) is 13.1. The van der Waals surface area contributed by atoms with Crippen molar-refractivity contribution in [1.82, 2.24) is 0 Å². The molecule has 2 aromatic carbocycles. The molecule has 0 saturated carbocycles. The second kappa shape index (κ2) is 10.0. The summed E-state index contributed by atoms with van der Waals surface area (Å²) in [6, 6.07) is 7.91. The number of carbonyl (C=O) groups excluding carboxylic acids is 5. The van der Waals surface area contributed by atoms with Crippen molar-refractivity contribution in [3.05, 3.63) is 75.5 Å². The van der Waals surface area contributed by atoms with Crippen LogP contribution >= 0.6 is 0 Å². The van der Waals surface area contributed by atoms with Gasteiger partial charge in [-0.3, -0.25) is 19.3 Å². The molecule has 9 nitrogen and oxygen atoms in total. The van der Waals surface area contributed by atoms with Crippen molar-refractivity contribution in [3.63, 3.8) is 0 Å². The number of carbonyl (C=O) groups is 5. The summed E-state index contributed by atoms with van der Waals surface area (Å²) in [5.41, 5.74) is -1.33. The smallest absolute Gasteiger partial charge is 0.341 e. The van der Waals surface area contributed by atoms with E-state index in [1.54, 1.807) is 79.7 Å². The molecule has 1 amide bonds. The molecule has 0 N–H and O–H groups in total. The lowest BCUT2D eigenvalue weighted by atomic mass is 9.82. The van der Waals surface area contributed by atoms with Gasteiger partial charge in [-0.05, 0) is 67.0 Å². The monoisotopic (exact) mass is 547 g/mol. The molecule has 210 valence electrons. The lowest BCUT2D eigenvalue weighted by molar-refractivity contribution is -0.159. The standard InChI is InChI=1S/C31H33NO8/c1-9-38-26-21(28(36)39-30(3,4)5)23(29(37)40-31(6,7)8)32(27(26)35)22-16(2)14-15-19-20(22)25(34)18-13-11-10-12-17(18)24(19)33/h10-15,23H,9H2,1-8H3. The Bertz CT molecular complexity index is 1490. The van der Waals surface area contributed by atoms with Crippen LogP contribution in [0.5, 0.6) is 0 Å². The Morgan fingerprint density at radius 3 is 1.95 bits per heavy atom. The van der Waals surface area contributed by atoms with Crippen molar-refractivity contribution in [3.8, 4) is 0 Å².